The molecule has 1 aliphatic heterocycles. The maximum Gasteiger partial charge on any atom is 0.242 e. The van der Waals surface area contributed by atoms with Crippen LogP contribution in [-0.2, 0) is 19.2 Å². The quantitative estimate of drug-likeness (QED) is 0.570. The molecule has 7 nitrogen and oxygen atoms in total. The van der Waals surface area contributed by atoms with Gasteiger partial charge >= 0.3 is 0 Å². The van der Waals surface area contributed by atoms with E-state index in [1.54, 1.807) is 6.26 Å². The highest BCUT2D eigenvalue weighted by Gasteiger charge is 2.37. The van der Waals surface area contributed by atoms with E-state index in [0.717, 1.165) is 4.90 Å². The Balaban J connectivity index is 2.39. The zero-order valence-electron chi connectivity index (χ0n) is 9.97. The number of nitrogens with one attached hydrogen (secondary N) is 1. The molecular weight excluding hydrogens is 258 g/mol. The zero-order valence-corrected chi connectivity index (χ0v) is 10.8. The lowest BCUT2D eigenvalue weighted by atomic mass is 10.3. The lowest BCUT2D eigenvalue weighted by Gasteiger charge is -2.13. The monoisotopic (exact) mass is 273 g/mol. The molecule has 3 N–H and O–H groups in total. The van der Waals surface area contributed by atoms with Crippen molar-refractivity contribution < 1.29 is 19.2 Å². The van der Waals surface area contributed by atoms with E-state index in [1.165, 1.54) is 11.8 Å². The lowest BCUT2D eigenvalue weighted by molar-refractivity contribution is -0.138. The minimum Gasteiger partial charge on any atom is -0.368 e. The van der Waals surface area contributed by atoms with E-state index < -0.39 is 11.8 Å². The Morgan fingerprint density at radius 3 is 2.67 bits per heavy atom. The van der Waals surface area contributed by atoms with Crippen LogP contribution in [0, 0.1) is 0 Å². The van der Waals surface area contributed by atoms with Gasteiger partial charge in [0.2, 0.25) is 23.6 Å². The Bertz CT molecular complexity index is 385. The number of rotatable bonds is 6. The summed E-state index contributed by atoms with van der Waals surface area (Å²) in [6, 6.07) is 0. The predicted molar refractivity (Wildman–Crippen MR) is 65.5 cm³/mol. The second-order valence-electron chi connectivity index (χ2n) is 3.81. The number of hydrogen-bond donors (Lipinski definition) is 2. The van der Waals surface area contributed by atoms with Crippen LogP contribution in [0.5, 0.6) is 0 Å². The van der Waals surface area contributed by atoms with Gasteiger partial charge in [-0.1, -0.05) is 0 Å². The van der Waals surface area contributed by atoms with Crippen molar-refractivity contribution in [2.75, 3.05) is 19.3 Å². The van der Waals surface area contributed by atoms with Crippen LogP contribution in [0.15, 0.2) is 0 Å². The molecule has 1 fully saturated rings. The van der Waals surface area contributed by atoms with Gasteiger partial charge in [-0.2, -0.15) is 11.8 Å². The molecule has 0 aromatic rings. The molecule has 1 aliphatic rings. The van der Waals surface area contributed by atoms with Crippen molar-refractivity contribution in [3.05, 3.63) is 0 Å². The number of imide groups is 1. The third kappa shape index (κ3) is 3.73. The summed E-state index contributed by atoms with van der Waals surface area (Å²) in [5, 5.41) is 1.95. The number of hydrogen-bond acceptors (Lipinski definition) is 5. The zero-order chi connectivity index (χ0) is 13.7. The van der Waals surface area contributed by atoms with E-state index in [0.29, 0.717) is 0 Å². The van der Waals surface area contributed by atoms with Gasteiger partial charge < -0.3 is 11.1 Å². The number of nitrogens with two attached hydrogens (primary N) is 1. The first-order valence-corrected chi connectivity index (χ1v) is 6.66. The summed E-state index contributed by atoms with van der Waals surface area (Å²) in [6.07, 6.45) is 1.92. The van der Waals surface area contributed by atoms with Crippen molar-refractivity contribution in [2.24, 2.45) is 5.73 Å². The molecule has 1 atom stereocenters. The molecule has 1 unspecified atom stereocenters. The number of carbonyl (C=O) groups is 4. The summed E-state index contributed by atoms with van der Waals surface area (Å²) in [5.41, 5.74) is 4.86. The molecule has 0 aromatic heterocycles. The Hall–Kier alpha value is -1.57. The van der Waals surface area contributed by atoms with Gasteiger partial charge in [0.1, 0.15) is 0 Å². The number of amides is 4. The maximum atomic E-state index is 11.7. The minimum absolute atomic E-state index is 0.0220. The van der Waals surface area contributed by atoms with E-state index in [4.69, 9.17) is 5.73 Å². The Morgan fingerprint density at radius 1 is 1.50 bits per heavy atom. The highest BCUT2D eigenvalue weighted by Crippen LogP contribution is 2.22. The number of nitrogens with zero attached hydrogens (tertiary/aromatic N) is 1. The van der Waals surface area contributed by atoms with Crippen LogP contribution >= 0.6 is 11.8 Å². The number of primary amides is 1. The molecule has 0 spiro atoms. The highest BCUT2D eigenvalue weighted by atomic mass is 32.2. The van der Waals surface area contributed by atoms with Gasteiger partial charge in [-0.3, -0.25) is 24.1 Å². The fourth-order valence-corrected chi connectivity index (χ4v) is 2.20. The van der Waals surface area contributed by atoms with Gasteiger partial charge in [0.05, 0.1) is 11.8 Å². The Labute approximate surface area is 108 Å². The van der Waals surface area contributed by atoms with E-state index >= 15 is 0 Å². The van der Waals surface area contributed by atoms with Crippen LogP contribution in [-0.4, -0.2) is 53.1 Å². The summed E-state index contributed by atoms with van der Waals surface area (Å²) in [6.45, 7) is -0.201. The van der Waals surface area contributed by atoms with Crippen LogP contribution in [0.1, 0.15) is 12.8 Å². The molecule has 0 radical (unpaired) electrons. The molecule has 18 heavy (non-hydrogen) atoms. The van der Waals surface area contributed by atoms with Crippen molar-refractivity contribution in [3.8, 4) is 0 Å². The van der Waals surface area contributed by atoms with Gasteiger partial charge in [0.25, 0.3) is 0 Å². The van der Waals surface area contributed by atoms with E-state index in [1.807, 2.05) is 0 Å². The average molecular weight is 273 g/mol. The van der Waals surface area contributed by atoms with E-state index in [-0.39, 0.29) is 43.0 Å². The fraction of sp³-hybridized carbons (Fsp3) is 0.600. The molecule has 0 aromatic carbocycles. The number of likely N-dealkylation sites (tertiary alicyclic amines) is 1. The van der Waals surface area contributed by atoms with Gasteiger partial charge in [-0.05, 0) is 6.26 Å². The highest BCUT2D eigenvalue weighted by molar-refractivity contribution is 8.00. The molecular formula is C10H15N3O4S. The van der Waals surface area contributed by atoms with Crippen molar-refractivity contribution in [1.29, 1.82) is 0 Å². The molecule has 0 aliphatic carbocycles. The van der Waals surface area contributed by atoms with Crippen LogP contribution < -0.4 is 11.1 Å². The minimum atomic E-state index is -0.640. The molecule has 1 rings (SSSR count). The third-order valence-corrected chi connectivity index (χ3v) is 3.45. The van der Waals surface area contributed by atoms with Gasteiger partial charge in [-0.25, -0.2) is 0 Å². The molecule has 4 amide bonds. The summed E-state index contributed by atoms with van der Waals surface area (Å²) in [4.78, 5) is 46.0. The molecule has 8 heteroatoms. The maximum absolute atomic E-state index is 11.7. The first kappa shape index (κ1) is 14.5. The first-order valence-electron chi connectivity index (χ1n) is 5.37. The van der Waals surface area contributed by atoms with E-state index in [2.05, 4.69) is 5.32 Å². The summed E-state index contributed by atoms with van der Waals surface area (Å²) < 4.78 is 0. The molecule has 0 bridgehead atoms. The molecule has 1 heterocycles. The second kappa shape index (κ2) is 6.39. The van der Waals surface area contributed by atoms with Crippen LogP contribution in [0.2, 0.25) is 0 Å². The molecule has 1 saturated heterocycles. The van der Waals surface area contributed by atoms with Gasteiger partial charge in [0.15, 0.2) is 0 Å². The normalized spacial score (nSPS) is 19.2. The summed E-state index contributed by atoms with van der Waals surface area (Å²) in [5.74, 6) is -1.57. The van der Waals surface area contributed by atoms with Gasteiger partial charge in [-0.15, -0.1) is 0 Å². The summed E-state index contributed by atoms with van der Waals surface area (Å²) in [7, 11) is 0. The predicted octanol–water partition coefficient (Wildman–Crippen LogP) is -1.53. The molecule has 100 valence electrons. The topological polar surface area (TPSA) is 110 Å². The average Bonchev–Trinajstić information content (AvgIpc) is 2.59. The first-order chi connectivity index (χ1) is 8.45. The van der Waals surface area contributed by atoms with Crippen molar-refractivity contribution in [2.45, 2.75) is 18.1 Å². The van der Waals surface area contributed by atoms with Crippen LogP contribution in [0.3, 0.4) is 0 Å². The van der Waals surface area contributed by atoms with Crippen molar-refractivity contribution >= 4 is 35.4 Å². The largest absolute Gasteiger partial charge is 0.368 e. The Kier molecular flexibility index (Phi) is 5.14. The lowest BCUT2D eigenvalue weighted by Crippen LogP contribution is -2.37. The SMILES string of the molecule is CSC1CC(=O)N(CCC(=O)NCC(N)=O)C1=O. The van der Waals surface area contributed by atoms with Crippen LogP contribution in [0.4, 0.5) is 0 Å². The second-order valence-corrected chi connectivity index (χ2v) is 4.85. The third-order valence-electron chi connectivity index (χ3n) is 2.51. The van der Waals surface area contributed by atoms with E-state index in [9.17, 15) is 19.2 Å². The molecule has 0 saturated carbocycles. The fourth-order valence-electron chi connectivity index (χ4n) is 1.56. The Morgan fingerprint density at radius 2 is 2.17 bits per heavy atom. The van der Waals surface area contributed by atoms with Crippen molar-refractivity contribution in [3.63, 3.8) is 0 Å². The van der Waals surface area contributed by atoms with Crippen molar-refractivity contribution in [1.82, 2.24) is 10.2 Å². The standard InChI is InChI=1S/C10H15N3O4S/c1-18-6-4-9(16)13(10(6)17)3-2-8(15)12-5-7(11)14/h6H,2-5H2,1H3,(H2,11,14)(H,12,15). The summed E-state index contributed by atoms with van der Waals surface area (Å²) >= 11 is 1.32. The number of carbonyl (C=O) groups excluding carboxylic acids is 4. The van der Waals surface area contributed by atoms with Crippen LogP contribution in [0.25, 0.3) is 0 Å². The smallest absolute Gasteiger partial charge is 0.242 e. The number of thioether (sulfide) groups is 1. The van der Waals surface area contributed by atoms with Gasteiger partial charge in [0, 0.05) is 19.4 Å².